The first-order valence-electron chi connectivity index (χ1n) is 10.3. The van der Waals surface area contributed by atoms with E-state index in [0.29, 0.717) is 18.1 Å². The fourth-order valence-corrected chi connectivity index (χ4v) is 4.77. The molecule has 0 radical (unpaired) electrons. The van der Waals surface area contributed by atoms with Gasteiger partial charge < -0.3 is 20.8 Å². The third-order valence-electron chi connectivity index (χ3n) is 5.94. The summed E-state index contributed by atoms with van der Waals surface area (Å²) in [5.41, 5.74) is 2.61. The predicted octanol–water partition coefficient (Wildman–Crippen LogP) is 0.708. The second kappa shape index (κ2) is 9.05. The third kappa shape index (κ3) is 5.31. The molecule has 0 unspecified atom stereocenters. The van der Waals surface area contributed by atoms with Gasteiger partial charge in [0.2, 0.25) is 0 Å². The molecule has 0 spiro atoms. The van der Waals surface area contributed by atoms with E-state index in [2.05, 4.69) is 43.0 Å². The van der Waals surface area contributed by atoms with Gasteiger partial charge >= 0.3 is 10.3 Å². The molecular weight excluding hydrogens is 422 g/mol. The molecule has 0 amide bonds. The number of hydrogen-bond donors (Lipinski definition) is 5. The molecule has 2 aromatic rings. The van der Waals surface area contributed by atoms with Crippen LogP contribution in [0.25, 0.3) is 0 Å². The summed E-state index contributed by atoms with van der Waals surface area (Å²) in [6.45, 7) is -0.299. The maximum atomic E-state index is 11.0. The first-order valence-corrected chi connectivity index (χ1v) is 11.7. The van der Waals surface area contributed by atoms with Crippen molar-refractivity contribution in [3.8, 4) is 0 Å². The molecule has 4 rings (SSSR count). The normalized spacial score (nSPS) is 28.2. The Labute approximate surface area is 181 Å². The summed E-state index contributed by atoms with van der Waals surface area (Å²) >= 11 is 0. The minimum atomic E-state index is -4.11. The van der Waals surface area contributed by atoms with E-state index in [1.54, 1.807) is 6.07 Å². The van der Waals surface area contributed by atoms with E-state index in [4.69, 9.17) is 5.14 Å². The standard InChI is InChI=1S/C20H27N5O5S/c21-31(28,29)30-10-13-8-16(20(27)19(13)26)25-18-9-17(22-11-23-18)24-15-7-3-5-12-4-1-2-6-14(12)15/h1-2,4,6,9,11,13,15-16,19-20,26-27H,3,5,7-8,10H2,(H2,21,28,29)(H2,22,23,24,25)/t13-,15+,16-,19-,20+/m1/s1. The summed E-state index contributed by atoms with van der Waals surface area (Å²) in [7, 11) is -4.11. The average Bonchev–Trinajstić information content (AvgIpc) is 3.00. The second-order valence-electron chi connectivity index (χ2n) is 8.08. The van der Waals surface area contributed by atoms with E-state index in [9.17, 15) is 18.6 Å². The topological polar surface area (TPSA) is 160 Å². The zero-order chi connectivity index (χ0) is 22.0. The molecule has 1 fully saturated rings. The van der Waals surface area contributed by atoms with Gasteiger partial charge in [0.1, 0.15) is 24.1 Å². The van der Waals surface area contributed by atoms with Crippen LogP contribution in [0.3, 0.4) is 0 Å². The Balaban J connectivity index is 1.41. The van der Waals surface area contributed by atoms with Crippen molar-refractivity contribution >= 4 is 21.9 Å². The molecule has 31 heavy (non-hydrogen) atoms. The lowest BCUT2D eigenvalue weighted by Gasteiger charge is -2.27. The summed E-state index contributed by atoms with van der Waals surface area (Å²) in [6.07, 6.45) is 2.65. The molecule has 11 heteroatoms. The number of nitrogens with zero attached hydrogens (tertiary/aromatic N) is 2. The van der Waals surface area contributed by atoms with E-state index in [-0.39, 0.29) is 12.6 Å². The molecule has 5 atom stereocenters. The molecule has 1 saturated carbocycles. The molecule has 2 aliphatic carbocycles. The Morgan fingerprint density at radius 1 is 1.13 bits per heavy atom. The molecule has 1 aromatic carbocycles. The number of benzene rings is 1. The second-order valence-corrected chi connectivity index (χ2v) is 9.30. The lowest BCUT2D eigenvalue weighted by molar-refractivity contribution is 0.00778. The minimum absolute atomic E-state index is 0.159. The van der Waals surface area contributed by atoms with Crippen molar-refractivity contribution in [2.45, 2.75) is 50.0 Å². The molecule has 10 nitrogen and oxygen atoms in total. The highest BCUT2D eigenvalue weighted by molar-refractivity contribution is 7.84. The zero-order valence-electron chi connectivity index (χ0n) is 16.9. The number of fused-ring (bicyclic) bond motifs is 1. The highest BCUT2D eigenvalue weighted by Crippen LogP contribution is 2.33. The number of aryl methyl sites for hydroxylation is 1. The zero-order valence-corrected chi connectivity index (χ0v) is 17.7. The van der Waals surface area contributed by atoms with Crippen molar-refractivity contribution in [3.05, 3.63) is 47.8 Å². The highest BCUT2D eigenvalue weighted by Gasteiger charge is 2.42. The van der Waals surface area contributed by atoms with Crippen LogP contribution in [0.1, 0.15) is 36.4 Å². The van der Waals surface area contributed by atoms with Crippen molar-refractivity contribution < 1.29 is 22.8 Å². The van der Waals surface area contributed by atoms with Gasteiger partial charge in [-0.15, -0.1) is 0 Å². The summed E-state index contributed by atoms with van der Waals surface area (Å²) in [4.78, 5) is 8.52. The SMILES string of the molecule is NS(=O)(=O)OC[C@H]1C[C@@H](Nc2cc(N[C@H]3CCCc4ccccc43)ncn2)[C@H](O)[C@@H]1O. The van der Waals surface area contributed by atoms with Crippen molar-refractivity contribution in [1.82, 2.24) is 9.97 Å². The Morgan fingerprint density at radius 3 is 2.65 bits per heavy atom. The number of nitrogens with two attached hydrogens (primary N) is 1. The number of aliphatic hydroxyl groups is 2. The number of aromatic nitrogens is 2. The van der Waals surface area contributed by atoms with Crippen LogP contribution in [0.2, 0.25) is 0 Å². The molecule has 6 N–H and O–H groups in total. The Hall–Kier alpha value is -2.31. The molecule has 1 aromatic heterocycles. The summed E-state index contributed by atoms with van der Waals surface area (Å²) in [5.74, 6) is 0.566. The van der Waals surface area contributed by atoms with E-state index >= 15 is 0 Å². The Kier molecular flexibility index (Phi) is 6.39. The first kappa shape index (κ1) is 21.9. The quantitative estimate of drug-likeness (QED) is 0.410. The molecule has 0 bridgehead atoms. The van der Waals surface area contributed by atoms with Crippen molar-refractivity contribution in [2.24, 2.45) is 11.1 Å². The number of anilines is 2. The predicted molar refractivity (Wildman–Crippen MR) is 114 cm³/mol. The number of nitrogens with one attached hydrogen (secondary N) is 2. The maximum absolute atomic E-state index is 11.0. The van der Waals surface area contributed by atoms with Gasteiger partial charge in [0, 0.05) is 12.0 Å². The van der Waals surface area contributed by atoms with Crippen LogP contribution in [0, 0.1) is 5.92 Å². The fraction of sp³-hybridized carbons (Fsp3) is 0.500. The molecule has 168 valence electrons. The Bertz CT molecular complexity index is 1020. The van der Waals surface area contributed by atoms with Crippen molar-refractivity contribution in [2.75, 3.05) is 17.2 Å². The van der Waals surface area contributed by atoms with Gasteiger partial charge in [0.15, 0.2) is 0 Å². The van der Waals surface area contributed by atoms with Crippen LogP contribution in [0.15, 0.2) is 36.7 Å². The van der Waals surface area contributed by atoms with Crippen LogP contribution >= 0.6 is 0 Å². The van der Waals surface area contributed by atoms with E-state index in [1.807, 2.05) is 6.07 Å². The molecule has 0 saturated heterocycles. The number of hydrogen-bond acceptors (Lipinski definition) is 9. The van der Waals surface area contributed by atoms with Crippen LogP contribution < -0.4 is 15.8 Å². The summed E-state index contributed by atoms with van der Waals surface area (Å²) < 4.78 is 26.6. The van der Waals surface area contributed by atoms with Crippen LogP contribution in [0.5, 0.6) is 0 Å². The lowest BCUT2D eigenvalue weighted by Crippen LogP contribution is -2.36. The van der Waals surface area contributed by atoms with E-state index in [0.717, 1.165) is 19.3 Å². The van der Waals surface area contributed by atoms with E-state index < -0.39 is 34.5 Å². The number of rotatable bonds is 7. The number of aliphatic hydroxyl groups excluding tert-OH is 2. The molecule has 2 aliphatic rings. The maximum Gasteiger partial charge on any atom is 0.333 e. The monoisotopic (exact) mass is 449 g/mol. The van der Waals surface area contributed by atoms with E-state index in [1.165, 1.54) is 17.5 Å². The smallest absolute Gasteiger partial charge is 0.333 e. The average molecular weight is 450 g/mol. The molecule has 1 heterocycles. The van der Waals surface area contributed by atoms with Gasteiger partial charge in [-0.2, -0.15) is 8.42 Å². The van der Waals surface area contributed by atoms with Crippen LogP contribution in [-0.2, 0) is 20.9 Å². The van der Waals surface area contributed by atoms with Gasteiger partial charge in [-0.25, -0.2) is 15.1 Å². The van der Waals surface area contributed by atoms with Crippen LogP contribution in [-0.4, -0.2) is 53.5 Å². The van der Waals surface area contributed by atoms with Crippen molar-refractivity contribution in [3.63, 3.8) is 0 Å². The summed E-state index contributed by atoms with van der Waals surface area (Å²) in [6, 6.07) is 9.76. The van der Waals surface area contributed by atoms with Crippen LogP contribution in [0.4, 0.5) is 11.6 Å². The highest BCUT2D eigenvalue weighted by atomic mass is 32.2. The first-order chi connectivity index (χ1) is 14.8. The molecule has 0 aliphatic heterocycles. The summed E-state index contributed by atoms with van der Waals surface area (Å²) in [5, 5.41) is 32.0. The molecular formula is C20H27N5O5S. The van der Waals surface area contributed by atoms with Gasteiger partial charge in [0.25, 0.3) is 0 Å². The van der Waals surface area contributed by atoms with Crippen molar-refractivity contribution in [1.29, 1.82) is 0 Å². The van der Waals surface area contributed by atoms with Gasteiger partial charge in [0.05, 0.1) is 24.8 Å². The van der Waals surface area contributed by atoms with Gasteiger partial charge in [-0.05, 0) is 36.8 Å². The third-order valence-corrected chi connectivity index (χ3v) is 6.40. The largest absolute Gasteiger partial charge is 0.390 e. The minimum Gasteiger partial charge on any atom is -0.390 e. The Morgan fingerprint density at radius 2 is 1.87 bits per heavy atom. The lowest BCUT2D eigenvalue weighted by atomic mass is 9.88. The van der Waals surface area contributed by atoms with Gasteiger partial charge in [-0.1, -0.05) is 24.3 Å². The van der Waals surface area contributed by atoms with Gasteiger partial charge in [-0.3, -0.25) is 4.18 Å². The fourth-order valence-electron chi connectivity index (χ4n) is 4.40.